The Bertz CT molecular complexity index is 120. The fraction of sp³-hybridized carbons (Fsp3) is 1.00. The number of ether oxygens (including phenoxy) is 1. The molecule has 0 atom stereocenters. The third-order valence-electron chi connectivity index (χ3n) is 2.38. The van der Waals surface area contributed by atoms with E-state index >= 15 is 0 Å². The first-order valence-corrected chi connectivity index (χ1v) is 6.28. The van der Waals surface area contributed by atoms with Crippen LogP contribution in [0.15, 0.2) is 0 Å². The molecular weight excluding hydrogens is 188 g/mol. The minimum atomic E-state index is 0.844. The zero-order valence-corrected chi connectivity index (χ0v) is 10.7. The average Bonchev–Trinajstić information content (AvgIpc) is 2.24. The molecule has 0 rings (SSSR count). The van der Waals surface area contributed by atoms with Crippen LogP contribution in [0.25, 0.3) is 0 Å². The molecule has 0 aliphatic rings. The lowest BCUT2D eigenvalue weighted by atomic mass is 10.3. The Hall–Kier alpha value is -0.120. The van der Waals surface area contributed by atoms with Crippen LogP contribution in [0.5, 0.6) is 0 Å². The van der Waals surface area contributed by atoms with Gasteiger partial charge in [0.25, 0.3) is 0 Å². The van der Waals surface area contributed by atoms with Gasteiger partial charge in [0.2, 0.25) is 0 Å². The molecule has 0 aromatic carbocycles. The third kappa shape index (κ3) is 11.8. The molecule has 0 amide bonds. The summed E-state index contributed by atoms with van der Waals surface area (Å²) in [6.07, 6.45) is 3.64. The molecule has 0 spiro atoms. The van der Waals surface area contributed by atoms with Crippen molar-refractivity contribution in [2.24, 2.45) is 0 Å². The Labute approximate surface area is 95.2 Å². The molecule has 0 saturated carbocycles. The van der Waals surface area contributed by atoms with E-state index in [1.807, 2.05) is 6.92 Å². The van der Waals surface area contributed by atoms with E-state index < -0.39 is 0 Å². The van der Waals surface area contributed by atoms with Crippen molar-refractivity contribution < 1.29 is 4.74 Å². The van der Waals surface area contributed by atoms with Gasteiger partial charge < -0.3 is 15.0 Å². The molecule has 0 aliphatic carbocycles. The fourth-order valence-electron chi connectivity index (χ4n) is 1.41. The van der Waals surface area contributed by atoms with Crippen molar-refractivity contribution in [1.29, 1.82) is 0 Å². The smallest absolute Gasteiger partial charge is 0.0466 e. The van der Waals surface area contributed by atoms with Crippen molar-refractivity contribution in [2.45, 2.75) is 33.1 Å². The monoisotopic (exact) mass is 216 g/mol. The van der Waals surface area contributed by atoms with E-state index in [1.165, 1.54) is 25.8 Å². The van der Waals surface area contributed by atoms with Crippen LogP contribution in [0.2, 0.25) is 0 Å². The van der Waals surface area contributed by atoms with Crippen LogP contribution >= 0.6 is 0 Å². The maximum absolute atomic E-state index is 5.30. The van der Waals surface area contributed by atoms with E-state index in [-0.39, 0.29) is 0 Å². The van der Waals surface area contributed by atoms with Crippen molar-refractivity contribution in [3.63, 3.8) is 0 Å². The van der Waals surface area contributed by atoms with Crippen LogP contribution in [0.4, 0.5) is 0 Å². The number of rotatable bonds is 11. The second-order valence-electron chi connectivity index (χ2n) is 3.96. The van der Waals surface area contributed by atoms with Crippen molar-refractivity contribution >= 4 is 0 Å². The Balaban J connectivity index is 3.08. The highest BCUT2D eigenvalue weighted by Crippen LogP contribution is 1.93. The normalized spacial score (nSPS) is 11.2. The first-order chi connectivity index (χ1) is 7.31. The van der Waals surface area contributed by atoms with Crippen molar-refractivity contribution in [1.82, 2.24) is 10.2 Å². The number of likely N-dealkylation sites (N-methyl/N-ethyl adjacent to an activating group) is 1. The Morgan fingerprint density at radius 2 is 1.87 bits per heavy atom. The molecule has 0 unspecified atom stereocenters. The second kappa shape index (κ2) is 12.0. The summed E-state index contributed by atoms with van der Waals surface area (Å²) in [5.74, 6) is 0. The minimum absolute atomic E-state index is 0.844. The maximum Gasteiger partial charge on any atom is 0.0466 e. The number of unbranched alkanes of at least 4 members (excludes halogenated alkanes) is 1. The molecule has 15 heavy (non-hydrogen) atoms. The van der Waals surface area contributed by atoms with Crippen LogP contribution in [-0.2, 0) is 4.74 Å². The molecular formula is C12H28N2O. The zero-order chi connectivity index (χ0) is 11.4. The van der Waals surface area contributed by atoms with E-state index in [2.05, 4.69) is 24.2 Å². The number of nitrogens with one attached hydrogen (secondary N) is 1. The summed E-state index contributed by atoms with van der Waals surface area (Å²) in [5, 5.41) is 3.41. The number of hydrogen-bond donors (Lipinski definition) is 1. The van der Waals surface area contributed by atoms with E-state index in [0.717, 1.165) is 32.8 Å². The molecule has 0 saturated heterocycles. The molecule has 0 aromatic heterocycles. The maximum atomic E-state index is 5.30. The van der Waals surface area contributed by atoms with Gasteiger partial charge >= 0.3 is 0 Å². The average molecular weight is 216 g/mol. The quantitative estimate of drug-likeness (QED) is 0.532. The molecule has 3 nitrogen and oxygen atoms in total. The zero-order valence-electron chi connectivity index (χ0n) is 10.7. The first-order valence-electron chi connectivity index (χ1n) is 6.28. The Morgan fingerprint density at radius 3 is 2.53 bits per heavy atom. The van der Waals surface area contributed by atoms with Gasteiger partial charge in [-0.25, -0.2) is 0 Å². The SMILES string of the molecule is CCCNCCN(C)CCCCOCC. The predicted molar refractivity (Wildman–Crippen MR) is 66.4 cm³/mol. The van der Waals surface area contributed by atoms with Gasteiger partial charge in [-0.3, -0.25) is 0 Å². The van der Waals surface area contributed by atoms with Crippen LogP contribution < -0.4 is 5.32 Å². The van der Waals surface area contributed by atoms with E-state index in [4.69, 9.17) is 4.74 Å². The standard InChI is InChI=1S/C12H28N2O/c1-4-8-13-9-11-14(3)10-6-7-12-15-5-2/h13H,4-12H2,1-3H3. The summed E-state index contributed by atoms with van der Waals surface area (Å²) < 4.78 is 5.30. The highest BCUT2D eigenvalue weighted by atomic mass is 16.5. The predicted octanol–water partition coefficient (Wildman–Crippen LogP) is 1.73. The summed E-state index contributed by atoms with van der Waals surface area (Å²) in [4.78, 5) is 2.38. The molecule has 0 radical (unpaired) electrons. The lowest BCUT2D eigenvalue weighted by Gasteiger charge is -2.16. The molecule has 0 bridgehead atoms. The van der Waals surface area contributed by atoms with Crippen molar-refractivity contribution in [2.75, 3.05) is 46.4 Å². The van der Waals surface area contributed by atoms with Crippen molar-refractivity contribution in [3.05, 3.63) is 0 Å². The summed E-state index contributed by atoms with van der Waals surface area (Å²) in [7, 11) is 2.19. The topological polar surface area (TPSA) is 24.5 Å². The molecule has 0 aliphatic heterocycles. The lowest BCUT2D eigenvalue weighted by molar-refractivity contribution is 0.140. The molecule has 92 valence electrons. The lowest BCUT2D eigenvalue weighted by Crippen LogP contribution is -2.30. The van der Waals surface area contributed by atoms with E-state index in [1.54, 1.807) is 0 Å². The van der Waals surface area contributed by atoms with E-state index in [0.29, 0.717) is 0 Å². The minimum Gasteiger partial charge on any atom is -0.382 e. The summed E-state index contributed by atoms with van der Waals surface area (Å²) in [5.41, 5.74) is 0. The molecule has 0 fully saturated rings. The largest absolute Gasteiger partial charge is 0.382 e. The van der Waals surface area contributed by atoms with Crippen LogP contribution in [0.3, 0.4) is 0 Å². The van der Waals surface area contributed by atoms with Gasteiger partial charge in [-0.15, -0.1) is 0 Å². The molecule has 0 heterocycles. The van der Waals surface area contributed by atoms with Crippen LogP contribution in [0.1, 0.15) is 33.1 Å². The fourth-order valence-corrected chi connectivity index (χ4v) is 1.41. The Morgan fingerprint density at radius 1 is 1.07 bits per heavy atom. The summed E-state index contributed by atoms with van der Waals surface area (Å²) in [6, 6.07) is 0. The van der Waals surface area contributed by atoms with Gasteiger partial charge in [-0.05, 0) is 46.3 Å². The number of hydrogen-bond acceptors (Lipinski definition) is 3. The van der Waals surface area contributed by atoms with Gasteiger partial charge in [0.1, 0.15) is 0 Å². The molecule has 3 heteroatoms. The van der Waals surface area contributed by atoms with Crippen LogP contribution in [-0.4, -0.2) is 51.3 Å². The highest BCUT2D eigenvalue weighted by molar-refractivity contribution is 4.54. The number of nitrogens with zero attached hydrogens (tertiary/aromatic N) is 1. The Kier molecular flexibility index (Phi) is 11.9. The van der Waals surface area contributed by atoms with Crippen molar-refractivity contribution in [3.8, 4) is 0 Å². The van der Waals surface area contributed by atoms with Gasteiger partial charge in [0.05, 0.1) is 0 Å². The van der Waals surface area contributed by atoms with Gasteiger partial charge in [-0.2, -0.15) is 0 Å². The molecule has 1 N–H and O–H groups in total. The summed E-state index contributed by atoms with van der Waals surface area (Å²) in [6.45, 7) is 10.6. The summed E-state index contributed by atoms with van der Waals surface area (Å²) >= 11 is 0. The van der Waals surface area contributed by atoms with Gasteiger partial charge in [0.15, 0.2) is 0 Å². The van der Waals surface area contributed by atoms with Gasteiger partial charge in [-0.1, -0.05) is 6.92 Å². The first kappa shape index (κ1) is 14.9. The highest BCUT2D eigenvalue weighted by Gasteiger charge is 1.97. The molecule has 0 aromatic rings. The van der Waals surface area contributed by atoms with E-state index in [9.17, 15) is 0 Å². The van der Waals surface area contributed by atoms with Crippen LogP contribution in [0, 0.1) is 0 Å². The van der Waals surface area contributed by atoms with Gasteiger partial charge in [0, 0.05) is 26.3 Å². The third-order valence-corrected chi connectivity index (χ3v) is 2.38. The second-order valence-corrected chi connectivity index (χ2v) is 3.96.